The molecule has 12 aliphatic rings. The highest BCUT2D eigenvalue weighted by Gasteiger charge is 2.69. The number of hydrogen-bond acceptors (Lipinski definition) is 34. The van der Waals surface area contributed by atoms with Gasteiger partial charge in [0, 0.05) is 71.6 Å². The first-order valence-electron chi connectivity index (χ1n) is 37.0. The molecule has 0 bridgehead atoms. The van der Waals surface area contributed by atoms with E-state index in [1.165, 1.54) is 6.92 Å². The van der Waals surface area contributed by atoms with Crippen LogP contribution >= 0.6 is 0 Å². The van der Waals surface area contributed by atoms with Crippen molar-refractivity contribution in [2.24, 2.45) is 5.92 Å². The summed E-state index contributed by atoms with van der Waals surface area (Å²) in [6, 6.07) is 6.29. The van der Waals surface area contributed by atoms with E-state index in [4.69, 9.17) is 125 Å². The van der Waals surface area contributed by atoms with Gasteiger partial charge in [0.05, 0.1) is 81.2 Å². The lowest BCUT2D eigenvalue weighted by Gasteiger charge is -2.30. The fourth-order valence-electron chi connectivity index (χ4n) is 16.4. The van der Waals surface area contributed by atoms with Crippen molar-refractivity contribution < 1.29 is 151 Å². The molecule has 12 saturated heterocycles. The summed E-state index contributed by atoms with van der Waals surface area (Å²) >= 11 is 0. The van der Waals surface area contributed by atoms with Gasteiger partial charge in [-0.3, -0.25) is 4.70 Å². The Morgan fingerprint density at radius 1 is 0.474 bits per heavy atom. The molecule has 0 saturated carbocycles. The normalized spacial score (nSPS) is 43.0. The van der Waals surface area contributed by atoms with Gasteiger partial charge in [0.25, 0.3) is 0 Å². The van der Waals surface area contributed by atoms with Crippen molar-refractivity contribution in [1.82, 2.24) is 4.90 Å². The number of aliphatic hydroxyl groups excluding tert-OH is 7. The van der Waals surface area contributed by atoms with Gasteiger partial charge < -0.3 is 150 Å². The quantitative estimate of drug-likeness (QED) is 0.0502. The third kappa shape index (κ3) is 22.8. The molecule has 12 aliphatic heterocycles. The number of nitrogens with zero attached hydrogens (tertiary/aromatic N) is 4. The number of hydrogen-bond donors (Lipinski definition) is 8. The van der Waals surface area contributed by atoms with Gasteiger partial charge in [-0.25, -0.2) is 0 Å². The molecule has 7 unspecified atom stereocenters. The molecule has 665 valence electrons. The summed E-state index contributed by atoms with van der Waals surface area (Å²) < 4.78 is 123. The maximum atomic E-state index is 9.77. The van der Waals surface area contributed by atoms with Crippen LogP contribution in [-0.2, 0) is 104 Å². The highest BCUT2D eigenvalue weighted by atomic mass is 19.0. The van der Waals surface area contributed by atoms with Crippen molar-refractivity contribution in [3.05, 3.63) is 23.6 Å². The Morgan fingerprint density at radius 3 is 1.12 bits per heavy atom. The molecule has 114 heavy (non-hydrogen) atoms. The van der Waals surface area contributed by atoms with Gasteiger partial charge in [0.1, 0.15) is 131 Å². The van der Waals surface area contributed by atoms with E-state index < -0.39 is 125 Å². The fourth-order valence-corrected chi connectivity index (χ4v) is 16.4. The Balaban J connectivity index is 0.00000132. The highest BCUT2D eigenvalue weighted by molar-refractivity contribution is 5.75. The van der Waals surface area contributed by atoms with Gasteiger partial charge in [-0.15, -0.1) is 0 Å². The number of aliphatic hydroxyl groups is 8. The summed E-state index contributed by atoms with van der Waals surface area (Å²) in [6.07, 6.45) is -5.05. The maximum Gasteiger partial charge on any atom is 0.187 e. The molecular formula is C78H143BFN4O30. The summed E-state index contributed by atoms with van der Waals surface area (Å²) in [5, 5.41) is 101. The van der Waals surface area contributed by atoms with Crippen molar-refractivity contribution in [2.45, 2.75) is 371 Å². The Morgan fingerprint density at radius 2 is 0.816 bits per heavy atom. The zero-order valence-electron chi connectivity index (χ0n) is 69.8. The van der Waals surface area contributed by atoms with Gasteiger partial charge in [-0.05, 0) is 131 Å². The number of halogens is 1. The predicted molar refractivity (Wildman–Crippen MR) is 413 cm³/mol. The van der Waals surface area contributed by atoms with E-state index in [9.17, 15) is 30.8 Å². The van der Waals surface area contributed by atoms with Crippen LogP contribution in [-0.4, -0.2) is 328 Å². The molecule has 34 nitrogen and oxygen atoms in total. The van der Waals surface area contributed by atoms with E-state index in [0.29, 0.717) is 37.7 Å². The minimum atomic E-state index is -1.69. The third-order valence-corrected chi connectivity index (χ3v) is 21.6. The second kappa shape index (κ2) is 41.8. The predicted octanol–water partition coefficient (Wildman–Crippen LogP) is 5.95. The van der Waals surface area contributed by atoms with E-state index in [0.717, 1.165) is 19.1 Å². The zero-order chi connectivity index (χ0) is 82.6. The standard InChI is InChI=1S/C15H24N2O4.C13H19NO5.C12H19NO4.C10H18O4.C10H20O3.C9H16O5.C6H12O5.3CH4.B.FH.H2/c1-14(2)20-13-11(9-18-6)19-12(15(13,3)21-14)10(7-16)8-17(4)5;1-12(2)18-11-9(7-16-4)17-10(8(5-14)6-15)13(11,3)19-12;1-11(2)16-10-8(7-14-4)15-9(5-6-13)12(10,3)17-11;1-5-6-7-10(4,8(11)12-6)14-9(2,3)13-7;1-6-8-7(2)10(3,12-5)9(11-4)13-8;1-8(2)13-6-5(4-10)12-7(11)9(6,3)14-8;1-6(10)4(8)3(2-7)11-5(6)9;;;;;;/h8,11-13H,9H2,1-6H3;6,9-11,15H,7H2,1-4H3;8-10H,5,7H2,1-4H3;6-8,11H,5H2,1-4H3;7-9H,6H2,1-5H3;5-7,10-11H,4H2,1-3H3;3-5,7-10H,2H2,1H3;3*1H4;;2*1H/t11-,12?,13-,15+;9-,10?,11-,13+;8-,9?,10-,12+;6-,7-,8?,10-;7-,8-,9?,10-;5-,6-,7?,9-;3-,4-,5?,6-;;;;;;/m1111111....../s1/i;;;;;;;;;;;;1+1. The molecule has 0 spiro atoms. The Bertz CT molecular complexity index is 3120. The Kier molecular flexibility index (Phi) is 39.7. The third-order valence-electron chi connectivity index (χ3n) is 21.6. The average Bonchev–Trinajstić information content (AvgIpc) is 1.56. The lowest BCUT2D eigenvalue weighted by Crippen LogP contribution is -2.45. The first-order valence-corrected chi connectivity index (χ1v) is 37.0. The number of rotatable bonds is 16. The lowest BCUT2D eigenvalue weighted by molar-refractivity contribution is -0.244. The van der Waals surface area contributed by atoms with Crippen molar-refractivity contribution in [3.8, 4) is 18.2 Å². The highest BCUT2D eigenvalue weighted by Crippen LogP contribution is 2.53. The van der Waals surface area contributed by atoms with Crippen LogP contribution < -0.4 is 0 Å². The molecule has 0 aromatic carbocycles. The molecule has 0 aliphatic carbocycles. The minimum Gasteiger partial charge on any atom is -0.514 e. The topological polar surface area (TPSA) is 440 Å². The number of ether oxygens (including phenoxy) is 22. The molecule has 0 aromatic heterocycles. The average molecular weight is 1650 g/mol. The molecule has 3 radical (unpaired) electrons. The van der Waals surface area contributed by atoms with Gasteiger partial charge in [-0.1, -0.05) is 43.1 Å². The van der Waals surface area contributed by atoms with E-state index in [1.54, 1.807) is 62.5 Å². The van der Waals surface area contributed by atoms with Crippen LogP contribution in [0.15, 0.2) is 23.6 Å². The molecule has 28 atom stereocenters. The summed E-state index contributed by atoms with van der Waals surface area (Å²) in [5.74, 6) is -3.10. The first-order chi connectivity index (χ1) is 50.4. The van der Waals surface area contributed by atoms with Crippen LogP contribution in [0.2, 0.25) is 0 Å². The minimum absolute atomic E-state index is 0. The van der Waals surface area contributed by atoms with E-state index in [-0.39, 0.29) is 122 Å². The van der Waals surface area contributed by atoms with Crippen LogP contribution in [0.1, 0.15) is 181 Å². The second-order valence-corrected chi connectivity index (χ2v) is 32.8. The van der Waals surface area contributed by atoms with Gasteiger partial charge in [0.15, 0.2) is 54.1 Å². The molecule has 0 aromatic rings. The van der Waals surface area contributed by atoms with E-state index in [1.807, 2.05) is 122 Å². The van der Waals surface area contributed by atoms with Crippen LogP contribution in [0.5, 0.6) is 0 Å². The van der Waals surface area contributed by atoms with Gasteiger partial charge in [0.2, 0.25) is 0 Å². The van der Waals surface area contributed by atoms with Crippen LogP contribution in [0.4, 0.5) is 4.70 Å². The Hall–Kier alpha value is -3.62. The summed E-state index contributed by atoms with van der Waals surface area (Å²) in [6.45, 7) is 37.8. The molecule has 8 N–H and O–H groups in total. The largest absolute Gasteiger partial charge is 0.514 e. The number of methoxy groups -OCH3 is 5. The monoisotopic (exact) mass is 1650 g/mol. The first kappa shape index (κ1) is 108. The van der Waals surface area contributed by atoms with Crippen LogP contribution in [0, 0.1) is 39.9 Å². The van der Waals surface area contributed by atoms with Crippen molar-refractivity contribution in [2.75, 3.05) is 82.7 Å². The zero-order valence-corrected chi connectivity index (χ0v) is 69.8. The second-order valence-electron chi connectivity index (χ2n) is 32.8. The smallest absolute Gasteiger partial charge is 0.187 e. The van der Waals surface area contributed by atoms with Gasteiger partial charge >= 0.3 is 0 Å². The number of fused-ring (bicyclic) bond motifs is 5. The molecule has 12 heterocycles. The SMILES string of the molecule is C.C.C.CC1(C)O[C@@H]2[C@@H](CO)OC(O)[C@]2(C)O1.CC[C@H]1OC(O)[C@]2(C)OC(C)(C)O[C@H]12.CC[C@H]1OC(OC)[C@](C)(OC)[C@@H]1C.COC[C@H]1OC(C(C#N)=CN(C)C)[C@]2(C)OC(C)(C)O[C@H]12.COC[C@H]1OC(C(C#N)=CO)[C@]2(C)OC(C)(C)O[C@H]12.COC[C@H]1OC(CC#N)[C@]2(C)OC(C)(C)O[C@H]12.C[C@]1(O)C(O)O[C@H](CO)[C@H]1O.F.[2HH].[B]. The Labute approximate surface area is 679 Å². The van der Waals surface area contributed by atoms with Gasteiger partial charge in [-0.2, -0.15) is 15.8 Å². The van der Waals surface area contributed by atoms with Crippen molar-refractivity contribution in [1.29, 1.82) is 15.8 Å². The summed E-state index contributed by atoms with van der Waals surface area (Å²) in [7, 11) is 11.9. The number of nitriles is 3. The molecular weight excluding hydrogens is 1500 g/mol. The van der Waals surface area contributed by atoms with Crippen LogP contribution in [0.25, 0.3) is 0 Å². The summed E-state index contributed by atoms with van der Waals surface area (Å²) in [5.41, 5.74) is -5.05. The fraction of sp³-hybridized carbons (Fsp3) is 0.910. The summed E-state index contributed by atoms with van der Waals surface area (Å²) in [4.78, 5) is 1.82. The molecule has 0 amide bonds. The van der Waals surface area contributed by atoms with Crippen LogP contribution in [0.3, 0.4) is 0 Å². The maximum absolute atomic E-state index is 9.77. The van der Waals surface area contributed by atoms with E-state index in [2.05, 4.69) is 30.7 Å². The molecule has 12 fully saturated rings. The lowest BCUT2D eigenvalue weighted by atomic mass is 9.87. The molecule has 12 rings (SSSR count). The van der Waals surface area contributed by atoms with E-state index >= 15 is 0 Å². The molecule has 36 heteroatoms. The van der Waals surface area contributed by atoms with Crippen molar-refractivity contribution in [3.63, 3.8) is 0 Å². The van der Waals surface area contributed by atoms with Crippen molar-refractivity contribution >= 4 is 8.41 Å².